The highest BCUT2D eigenvalue weighted by atomic mass is 32.2. The van der Waals surface area contributed by atoms with E-state index < -0.39 is 5.25 Å². The van der Waals surface area contributed by atoms with Gasteiger partial charge in [0.05, 0.1) is 18.0 Å². The largest absolute Gasteiger partial charge is 0.618 e. The smallest absolute Gasteiger partial charge is 0.252 e. The number of carbonyl (C=O) groups is 1. The Morgan fingerprint density at radius 2 is 2.00 bits per heavy atom. The van der Waals surface area contributed by atoms with Crippen molar-refractivity contribution in [2.45, 2.75) is 17.2 Å². The van der Waals surface area contributed by atoms with Crippen LogP contribution < -0.4 is 14.8 Å². The van der Waals surface area contributed by atoms with Crippen molar-refractivity contribution in [2.75, 3.05) is 12.4 Å². The number of hydrogen-bond acceptors (Lipinski definition) is 4. The van der Waals surface area contributed by atoms with Gasteiger partial charge in [0.1, 0.15) is 5.75 Å². The number of benzene rings is 1. The molecule has 0 fully saturated rings. The van der Waals surface area contributed by atoms with E-state index in [1.54, 1.807) is 44.4 Å². The number of methoxy groups -OCH3 is 1. The zero-order valence-corrected chi connectivity index (χ0v) is 12.6. The Morgan fingerprint density at radius 3 is 2.71 bits per heavy atom. The van der Waals surface area contributed by atoms with Crippen LogP contribution >= 0.6 is 11.8 Å². The van der Waals surface area contributed by atoms with Crippen LogP contribution in [0, 0.1) is 5.21 Å². The predicted octanol–water partition coefficient (Wildman–Crippen LogP) is 2.45. The van der Waals surface area contributed by atoms with E-state index in [2.05, 4.69) is 5.32 Å². The summed E-state index contributed by atoms with van der Waals surface area (Å²) in [4.78, 5) is 12.2. The first-order chi connectivity index (χ1) is 10.1. The van der Waals surface area contributed by atoms with E-state index in [0.717, 1.165) is 4.73 Å². The van der Waals surface area contributed by atoms with Crippen LogP contribution in [0.1, 0.15) is 6.92 Å². The summed E-state index contributed by atoms with van der Waals surface area (Å²) in [6.45, 7) is 1.75. The number of ether oxygens (including phenoxy) is 1. The average molecular weight is 304 g/mol. The Hall–Kier alpha value is -2.21. The van der Waals surface area contributed by atoms with E-state index in [9.17, 15) is 10.0 Å². The Bertz CT molecular complexity index is 634. The van der Waals surface area contributed by atoms with Crippen molar-refractivity contribution in [3.8, 4) is 5.75 Å². The fraction of sp³-hybridized carbons (Fsp3) is 0.200. The third kappa shape index (κ3) is 3.88. The zero-order valence-electron chi connectivity index (χ0n) is 11.8. The Balaban J connectivity index is 2.05. The molecule has 0 aliphatic carbocycles. The molecule has 1 heterocycles. The molecule has 0 saturated carbocycles. The molecule has 1 aromatic carbocycles. The van der Waals surface area contributed by atoms with Crippen LogP contribution in [0.25, 0.3) is 0 Å². The fourth-order valence-electron chi connectivity index (χ4n) is 1.72. The predicted molar refractivity (Wildman–Crippen MR) is 82.3 cm³/mol. The Labute approximate surface area is 127 Å². The van der Waals surface area contributed by atoms with E-state index in [1.165, 1.54) is 18.0 Å². The van der Waals surface area contributed by atoms with Crippen molar-refractivity contribution in [1.82, 2.24) is 0 Å². The molecule has 0 saturated heterocycles. The normalized spacial score (nSPS) is 11.7. The SMILES string of the molecule is COc1ccccc1NC(=O)C(C)Sc1cccc[n+]1[O-]. The summed E-state index contributed by atoms with van der Waals surface area (Å²) in [5, 5.41) is 14.5. The van der Waals surface area contributed by atoms with Crippen LogP contribution in [-0.4, -0.2) is 18.3 Å². The number of pyridine rings is 1. The lowest BCUT2D eigenvalue weighted by Crippen LogP contribution is -2.30. The van der Waals surface area contributed by atoms with Crippen LogP contribution in [0.4, 0.5) is 5.69 Å². The van der Waals surface area contributed by atoms with Gasteiger partial charge in [-0.05, 0) is 36.9 Å². The number of hydrogen-bond donors (Lipinski definition) is 1. The summed E-state index contributed by atoms with van der Waals surface area (Å²) in [5.41, 5.74) is 0.612. The van der Waals surface area contributed by atoms with Crippen LogP contribution in [0.3, 0.4) is 0 Å². The molecular weight excluding hydrogens is 288 g/mol. The first-order valence-electron chi connectivity index (χ1n) is 6.40. The van der Waals surface area contributed by atoms with Crippen molar-refractivity contribution in [3.63, 3.8) is 0 Å². The second kappa shape index (κ2) is 6.99. The van der Waals surface area contributed by atoms with Gasteiger partial charge in [-0.15, -0.1) is 0 Å². The van der Waals surface area contributed by atoms with Crippen molar-refractivity contribution in [1.29, 1.82) is 0 Å². The number of thioether (sulfide) groups is 1. The van der Waals surface area contributed by atoms with E-state index in [1.807, 2.05) is 12.1 Å². The van der Waals surface area contributed by atoms with Gasteiger partial charge in [-0.2, -0.15) is 4.73 Å². The summed E-state index contributed by atoms with van der Waals surface area (Å²) in [6, 6.07) is 12.3. The molecule has 1 N–H and O–H groups in total. The Kier molecular flexibility index (Phi) is 5.05. The molecule has 2 rings (SSSR count). The molecule has 0 aliphatic heterocycles. The topological polar surface area (TPSA) is 65.3 Å². The lowest BCUT2D eigenvalue weighted by atomic mass is 10.3. The molecule has 0 bridgehead atoms. The van der Waals surface area contributed by atoms with Crippen molar-refractivity contribution < 1.29 is 14.3 Å². The van der Waals surface area contributed by atoms with E-state index in [-0.39, 0.29) is 5.91 Å². The number of nitrogens with one attached hydrogen (secondary N) is 1. The minimum absolute atomic E-state index is 0.187. The number of nitrogens with zero attached hydrogens (tertiary/aromatic N) is 1. The second-order valence-corrected chi connectivity index (χ2v) is 5.68. The molecule has 0 radical (unpaired) electrons. The van der Waals surface area contributed by atoms with E-state index >= 15 is 0 Å². The summed E-state index contributed by atoms with van der Waals surface area (Å²) in [6.07, 6.45) is 1.41. The molecule has 110 valence electrons. The monoisotopic (exact) mass is 304 g/mol. The highest BCUT2D eigenvalue weighted by Gasteiger charge is 2.19. The van der Waals surface area contributed by atoms with E-state index in [0.29, 0.717) is 16.5 Å². The van der Waals surface area contributed by atoms with Gasteiger partial charge >= 0.3 is 0 Å². The van der Waals surface area contributed by atoms with Gasteiger partial charge in [-0.1, -0.05) is 12.1 Å². The van der Waals surface area contributed by atoms with Crippen LogP contribution in [0.2, 0.25) is 0 Å². The van der Waals surface area contributed by atoms with Crippen LogP contribution in [0.15, 0.2) is 53.7 Å². The number of rotatable bonds is 5. The molecule has 1 unspecified atom stereocenters. The quantitative estimate of drug-likeness (QED) is 0.523. The minimum Gasteiger partial charge on any atom is -0.618 e. The minimum atomic E-state index is -0.405. The second-order valence-electron chi connectivity index (χ2n) is 4.31. The van der Waals surface area contributed by atoms with Gasteiger partial charge in [-0.3, -0.25) is 4.79 Å². The molecule has 1 aromatic heterocycles. The van der Waals surface area contributed by atoms with E-state index in [4.69, 9.17) is 4.74 Å². The number of carbonyl (C=O) groups excluding carboxylic acids is 1. The molecule has 5 nitrogen and oxygen atoms in total. The molecule has 6 heteroatoms. The molecule has 0 aliphatic rings. The highest BCUT2D eigenvalue weighted by Crippen LogP contribution is 2.25. The maximum atomic E-state index is 12.2. The first kappa shape index (κ1) is 15.2. The maximum Gasteiger partial charge on any atom is 0.252 e. The Morgan fingerprint density at radius 1 is 1.29 bits per heavy atom. The van der Waals surface area contributed by atoms with Gasteiger partial charge < -0.3 is 15.3 Å². The summed E-state index contributed by atoms with van der Waals surface area (Å²) >= 11 is 1.21. The number of para-hydroxylation sites is 2. The number of amides is 1. The molecule has 1 amide bonds. The van der Waals surface area contributed by atoms with Gasteiger partial charge in [-0.25, -0.2) is 0 Å². The third-order valence-corrected chi connectivity index (χ3v) is 3.95. The summed E-state index contributed by atoms with van der Waals surface area (Å²) < 4.78 is 5.94. The zero-order chi connectivity index (χ0) is 15.2. The lowest BCUT2D eigenvalue weighted by Gasteiger charge is -2.13. The van der Waals surface area contributed by atoms with Gasteiger partial charge in [0.25, 0.3) is 5.03 Å². The number of aromatic nitrogens is 1. The average Bonchev–Trinajstić information content (AvgIpc) is 2.50. The molecule has 21 heavy (non-hydrogen) atoms. The first-order valence-corrected chi connectivity index (χ1v) is 7.28. The molecule has 2 aromatic rings. The maximum absolute atomic E-state index is 12.2. The van der Waals surface area contributed by atoms with Gasteiger partial charge in [0, 0.05) is 12.1 Å². The van der Waals surface area contributed by atoms with Crippen molar-refractivity contribution in [3.05, 3.63) is 53.9 Å². The van der Waals surface area contributed by atoms with Crippen LogP contribution in [-0.2, 0) is 4.79 Å². The highest BCUT2D eigenvalue weighted by molar-refractivity contribution is 8.00. The third-order valence-electron chi connectivity index (χ3n) is 2.82. The molecular formula is C15H16N2O3S. The molecule has 1 atom stereocenters. The number of anilines is 1. The lowest BCUT2D eigenvalue weighted by molar-refractivity contribution is -0.645. The summed E-state index contributed by atoms with van der Waals surface area (Å²) in [5.74, 6) is 0.412. The standard InChI is InChI=1S/C15H16N2O3S/c1-11(21-14-9-5-6-10-17(14)19)15(18)16-12-7-3-4-8-13(12)20-2/h3-11H,1-2H3,(H,16,18). The van der Waals surface area contributed by atoms with Crippen LogP contribution in [0.5, 0.6) is 5.75 Å². The van der Waals surface area contributed by atoms with Crippen molar-refractivity contribution >= 4 is 23.4 Å². The fourth-order valence-corrected chi connectivity index (χ4v) is 2.57. The summed E-state index contributed by atoms with van der Waals surface area (Å²) in [7, 11) is 1.55. The van der Waals surface area contributed by atoms with Gasteiger partial charge in [0.2, 0.25) is 5.91 Å². The molecule has 0 spiro atoms. The van der Waals surface area contributed by atoms with Crippen molar-refractivity contribution in [2.24, 2.45) is 0 Å². The van der Waals surface area contributed by atoms with Gasteiger partial charge in [0.15, 0.2) is 6.20 Å².